The fraction of sp³-hybridized carbons (Fsp3) is 1.00. The molecule has 0 N–H and O–H groups in total. The Morgan fingerprint density at radius 1 is 1.60 bits per heavy atom. The summed E-state index contributed by atoms with van der Waals surface area (Å²) in [5.74, 6) is 0. The molecule has 0 aromatic rings. The molecule has 1 nitrogen and oxygen atoms in total. The first-order valence-electron chi connectivity index (χ1n) is 1.26. The average molecular weight is 305 g/mol. The Kier molecular flexibility index (Phi) is 4.17. The number of rotatable bonds is 1. The minimum atomic E-state index is -0.292. The molecule has 0 fully saturated rings. The summed E-state index contributed by atoms with van der Waals surface area (Å²) in [6, 6.07) is 0. The van der Waals surface area contributed by atoms with Gasteiger partial charge in [-0.15, -0.1) is 0 Å². The Morgan fingerprint density at radius 3 is 1.80 bits per heavy atom. The molecule has 0 saturated heterocycles. The summed E-state index contributed by atoms with van der Waals surface area (Å²) >= 11 is 3.13. The summed E-state index contributed by atoms with van der Waals surface area (Å²) in [4.78, 5) is 0. The van der Waals surface area contributed by atoms with Gasteiger partial charge in [0.05, 0.1) is 0 Å². The summed E-state index contributed by atoms with van der Waals surface area (Å²) in [5, 5.41) is 0. The molecular formula is C2H6BrNTa. The van der Waals surface area contributed by atoms with Crippen LogP contribution in [-0.2, 0) is 17.9 Å². The molecule has 0 saturated carbocycles. The molecule has 0 amide bonds. The van der Waals surface area contributed by atoms with Crippen molar-refractivity contribution in [3.63, 3.8) is 0 Å². The van der Waals surface area contributed by atoms with Crippen molar-refractivity contribution in [2.24, 2.45) is 0 Å². The van der Waals surface area contributed by atoms with Crippen LogP contribution in [0.3, 0.4) is 0 Å². The summed E-state index contributed by atoms with van der Waals surface area (Å²) in [7, 11) is 4.18. The Labute approximate surface area is 48.3 Å². The maximum atomic E-state index is 3.42. The fourth-order valence-electron chi connectivity index (χ4n) is 0. The van der Waals surface area contributed by atoms with Gasteiger partial charge in [0, 0.05) is 0 Å². The molecule has 0 rings (SSSR count). The number of hydrogen-bond acceptors (Lipinski definition) is 1. The first-order valence-corrected chi connectivity index (χ1v) is 9.72. The van der Waals surface area contributed by atoms with Gasteiger partial charge in [0.1, 0.15) is 0 Å². The first kappa shape index (κ1) is 6.18. The van der Waals surface area contributed by atoms with Crippen LogP contribution in [0.4, 0.5) is 0 Å². The van der Waals surface area contributed by atoms with Gasteiger partial charge in [0.15, 0.2) is 0 Å². The molecule has 0 aliphatic rings. The van der Waals surface area contributed by atoms with Gasteiger partial charge in [0.25, 0.3) is 0 Å². The van der Waals surface area contributed by atoms with Crippen LogP contribution in [-0.4, -0.2) is 17.4 Å². The van der Waals surface area contributed by atoms with Crippen LogP contribution in [0, 0.1) is 0 Å². The second-order valence-electron chi connectivity index (χ2n) is 0.923. The van der Waals surface area contributed by atoms with Crippen molar-refractivity contribution in [2.45, 2.75) is 0 Å². The van der Waals surface area contributed by atoms with E-state index < -0.39 is 0 Å². The predicted octanol–water partition coefficient (Wildman–Crippen LogP) is 0.855. The molecule has 0 aromatic carbocycles. The molecular weight excluding hydrogens is 299 g/mol. The summed E-state index contributed by atoms with van der Waals surface area (Å²) in [5.41, 5.74) is 0. The molecule has 3 heteroatoms. The summed E-state index contributed by atoms with van der Waals surface area (Å²) < 4.78 is 2.22. The normalized spacial score (nSPS) is 8.80. The fourth-order valence-corrected chi connectivity index (χ4v) is 0. The van der Waals surface area contributed by atoms with E-state index in [1.165, 1.54) is 0 Å². The Bertz CT molecular complexity index is 23.6. The zero-order chi connectivity index (χ0) is 4.28. The van der Waals surface area contributed by atoms with Crippen molar-refractivity contribution in [1.29, 1.82) is 0 Å². The maximum absolute atomic E-state index is 3.42. The molecule has 0 heterocycles. The summed E-state index contributed by atoms with van der Waals surface area (Å²) in [6.07, 6.45) is 0. The SMILES string of the molecule is C[N](C)[Ta][Br]. The number of hydrogen-bond donors (Lipinski definition) is 0. The molecule has 0 bridgehead atoms. The van der Waals surface area contributed by atoms with E-state index in [1.54, 1.807) is 0 Å². The van der Waals surface area contributed by atoms with Gasteiger partial charge in [-0.1, -0.05) is 0 Å². The standard InChI is InChI=1S/C2H6N.BrH.Ta/c1-3-2;;/h1-2H3;1H;/q-1;;+2/p-1. The molecule has 0 unspecified atom stereocenters. The minimum absolute atomic E-state index is 0.292. The van der Waals surface area contributed by atoms with E-state index in [-0.39, 0.29) is 17.9 Å². The van der Waals surface area contributed by atoms with E-state index in [9.17, 15) is 0 Å². The van der Waals surface area contributed by atoms with Crippen LogP contribution in [0.15, 0.2) is 0 Å². The molecule has 31 valence electrons. The van der Waals surface area contributed by atoms with Gasteiger partial charge < -0.3 is 0 Å². The molecule has 0 atom stereocenters. The Hall–Kier alpha value is 1.18. The van der Waals surface area contributed by atoms with Crippen LogP contribution in [0.2, 0.25) is 0 Å². The molecule has 5 heavy (non-hydrogen) atoms. The average Bonchev–Trinajstić information content (AvgIpc) is 1.38. The first-order chi connectivity index (χ1) is 2.27. The van der Waals surface area contributed by atoms with Crippen molar-refractivity contribution >= 4 is 13.0 Å². The third-order valence-corrected chi connectivity index (χ3v) is 6.43. The van der Waals surface area contributed by atoms with Crippen molar-refractivity contribution in [3.05, 3.63) is 0 Å². The van der Waals surface area contributed by atoms with E-state index in [4.69, 9.17) is 0 Å². The van der Waals surface area contributed by atoms with E-state index in [2.05, 4.69) is 30.4 Å². The zero-order valence-corrected chi connectivity index (χ0v) is 8.07. The molecule has 0 aromatic heterocycles. The van der Waals surface area contributed by atoms with Gasteiger partial charge in [0.2, 0.25) is 0 Å². The number of halogens is 1. The van der Waals surface area contributed by atoms with Crippen LogP contribution in [0.1, 0.15) is 0 Å². The third kappa shape index (κ3) is 5.18. The Morgan fingerprint density at radius 2 is 1.80 bits per heavy atom. The monoisotopic (exact) mass is 304 g/mol. The van der Waals surface area contributed by atoms with Crippen LogP contribution in [0.5, 0.6) is 0 Å². The van der Waals surface area contributed by atoms with Crippen molar-refractivity contribution < 1.29 is 17.9 Å². The molecule has 0 aliphatic heterocycles. The van der Waals surface area contributed by atoms with Gasteiger partial charge in [-0.05, 0) is 0 Å². The Balaban J connectivity index is 2.54. The van der Waals surface area contributed by atoms with Crippen LogP contribution < -0.4 is 0 Å². The predicted molar refractivity (Wildman–Crippen MR) is 22.6 cm³/mol. The van der Waals surface area contributed by atoms with Crippen molar-refractivity contribution in [1.82, 2.24) is 3.30 Å². The number of nitrogens with zero attached hydrogens (tertiary/aromatic N) is 1. The van der Waals surface area contributed by atoms with Gasteiger partial charge in [-0.25, -0.2) is 0 Å². The quantitative estimate of drug-likeness (QED) is 0.694. The van der Waals surface area contributed by atoms with Crippen LogP contribution in [0.25, 0.3) is 0 Å². The summed E-state index contributed by atoms with van der Waals surface area (Å²) in [6.45, 7) is 0. The molecule has 0 radical (unpaired) electrons. The van der Waals surface area contributed by atoms with Crippen molar-refractivity contribution in [2.75, 3.05) is 14.1 Å². The second-order valence-corrected chi connectivity index (χ2v) is 6.94. The van der Waals surface area contributed by atoms with E-state index >= 15 is 0 Å². The van der Waals surface area contributed by atoms with Gasteiger partial charge in [-0.2, -0.15) is 0 Å². The molecule has 0 spiro atoms. The van der Waals surface area contributed by atoms with Crippen LogP contribution >= 0.6 is 13.0 Å². The molecule has 0 aliphatic carbocycles. The zero-order valence-electron chi connectivity index (χ0n) is 3.27. The second kappa shape index (κ2) is 3.37. The van der Waals surface area contributed by atoms with E-state index in [0.717, 1.165) is 0 Å². The van der Waals surface area contributed by atoms with Gasteiger partial charge in [-0.3, -0.25) is 0 Å². The topological polar surface area (TPSA) is 3.24 Å². The van der Waals surface area contributed by atoms with E-state index in [1.807, 2.05) is 0 Å². The third-order valence-electron chi connectivity index (χ3n) is 0.151. The van der Waals surface area contributed by atoms with Crippen molar-refractivity contribution in [3.8, 4) is 0 Å². The van der Waals surface area contributed by atoms with E-state index in [0.29, 0.717) is 0 Å². The van der Waals surface area contributed by atoms with Gasteiger partial charge >= 0.3 is 48.3 Å².